The Kier molecular flexibility index (Phi) is 4.63. The van der Waals surface area contributed by atoms with E-state index in [1.165, 1.54) is 4.31 Å². The second kappa shape index (κ2) is 5.51. The van der Waals surface area contributed by atoms with E-state index < -0.39 is 10.0 Å². The molecule has 1 N–H and O–H groups in total. The van der Waals surface area contributed by atoms with Crippen molar-refractivity contribution in [2.24, 2.45) is 5.41 Å². The molecule has 4 nitrogen and oxygen atoms in total. The fourth-order valence-corrected chi connectivity index (χ4v) is 3.26. The van der Waals surface area contributed by atoms with Crippen LogP contribution in [0.4, 0.5) is 5.69 Å². The Morgan fingerprint density at radius 1 is 1.16 bits per heavy atom. The Morgan fingerprint density at radius 2 is 1.63 bits per heavy atom. The van der Waals surface area contributed by atoms with E-state index in [9.17, 15) is 8.42 Å². The van der Waals surface area contributed by atoms with Gasteiger partial charge in [-0.1, -0.05) is 20.8 Å². The summed E-state index contributed by atoms with van der Waals surface area (Å²) < 4.78 is 26.5. The number of benzene rings is 1. The molecule has 1 atom stereocenters. The summed E-state index contributed by atoms with van der Waals surface area (Å²) in [7, 11) is -0.00176. The molecule has 108 valence electrons. The van der Waals surface area contributed by atoms with Gasteiger partial charge in [-0.05, 0) is 36.6 Å². The van der Waals surface area contributed by atoms with Gasteiger partial charge in [0.25, 0.3) is 0 Å². The zero-order valence-corrected chi connectivity index (χ0v) is 13.4. The maximum Gasteiger partial charge on any atom is 0.243 e. The lowest BCUT2D eigenvalue weighted by molar-refractivity contribution is 0.216. The summed E-state index contributed by atoms with van der Waals surface area (Å²) in [6.45, 7) is 8.04. The minimum Gasteiger partial charge on any atom is -0.388 e. The maximum absolute atomic E-state index is 12.5. The number of nitrogens with zero attached hydrogens (tertiary/aromatic N) is 1. The summed E-state index contributed by atoms with van der Waals surface area (Å²) in [6.07, 6.45) is 0. The third kappa shape index (κ3) is 3.48. The summed E-state index contributed by atoms with van der Waals surface area (Å²) in [4.78, 5) is 0.324. The average Bonchev–Trinajstić information content (AvgIpc) is 2.35. The third-order valence-electron chi connectivity index (χ3n) is 3.62. The first-order valence-corrected chi connectivity index (χ1v) is 7.80. The van der Waals surface area contributed by atoms with Gasteiger partial charge in [-0.3, -0.25) is 0 Å². The standard InChI is InChI=1S/C14H24N2O2S/c1-11(14(2,3)4)16(6)19(17,18)13-9-7-12(15-5)8-10-13/h7-11,15H,1-6H3. The molecule has 0 heterocycles. The van der Waals surface area contributed by atoms with Crippen molar-refractivity contribution in [3.8, 4) is 0 Å². The van der Waals surface area contributed by atoms with E-state index in [1.807, 2.05) is 27.7 Å². The number of anilines is 1. The largest absolute Gasteiger partial charge is 0.388 e. The monoisotopic (exact) mass is 284 g/mol. The molecule has 0 aromatic heterocycles. The minimum atomic E-state index is -3.44. The van der Waals surface area contributed by atoms with Gasteiger partial charge in [-0.25, -0.2) is 8.42 Å². The molecule has 0 saturated heterocycles. The first-order valence-electron chi connectivity index (χ1n) is 6.36. The normalized spacial score (nSPS) is 14.5. The van der Waals surface area contributed by atoms with Gasteiger partial charge >= 0.3 is 0 Å². The van der Waals surface area contributed by atoms with Crippen LogP contribution in [0.25, 0.3) is 0 Å². The highest BCUT2D eigenvalue weighted by atomic mass is 32.2. The van der Waals surface area contributed by atoms with Gasteiger partial charge in [-0.15, -0.1) is 0 Å². The molecule has 0 bridgehead atoms. The molecule has 1 aromatic carbocycles. The summed E-state index contributed by atoms with van der Waals surface area (Å²) in [5.74, 6) is 0. The van der Waals surface area contributed by atoms with E-state index in [2.05, 4.69) is 5.32 Å². The smallest absolute Gasteiger partial charge is 0.243 e. The number of sulfonamides is 1. The van der Waals surface area contributed by atoms with Crippen LogP contribution >= 0.6 is 0 Å². The molecule has 0 spiro atoms. The highest BCUT2D eigenvalue weighted by molar-refractivity contribution is 7.89. The van der Waals surface area contributed by atoms with Crippen LogP contribution in [0.15, 0.2) is 29.2 Å². The van der Waals surface area contributed by atoms with Gasteiger partial charge < -0.3 is 5.32 Å². The third-order valence-corrected chi connectivity index (χ3v) is 5.56. The van der Waals surface area contributed by atoms with Crippen LogP contribution in [-0.4, -0.2) is 32.9 Å². The molecule has 0 aliphatic carbocycles. The van der Waals surface area contributed by atoms with Crippen LogP contribution in [0.3, 0.4) is 0 Å². The molecular formula is C14H24N2O2S. The number of rotatable bonds is 4. The second-order valence-electron chi connectivity index (χ2n) is 5.84. The zero-order valence-electron chi connectivity index (χ0n) is 12.6. The summed E-state index contributed by atoms with van der Waals surface area (Å²) in [5.41, 5.74) is 0.790. The molecule has 1 rings (SSSR count). The van der Waals surface area contributed by atoms with Crippen molar-refractivity contribution in [3.63, 3.8) is 0 Å². The van der Waals surface area contributed by atoms with Gasteiger partial charge in [0.05, 0.1) is 4.90 Å². The Labute approximate surface area is 116 Å². The Morgan fingerprint density at radius 3 is 2.00 bits per heavy atom. The predicted molar refractivity (Wildman–Crippen MR) is 79.9 cm³/mol. The van der Waals surface area contributed by atoms with Gasteiger partial charge in [0, 0.05) is 25.8 Å². The predicted octanol–water partition coefficient (Wildman–Crippen LogP) is 2.78. The first kappa shape index (κ1) is 16.0. The van der Waals surface area contributed by atoms with E-state index in [0.29, 0.717) is 4.90 Å². The van der Waals surface area contributed by atoms with E-state index in [-0.39, 0.29) is 11.5 Å². The van der Waals surface area contributed by atoms with E-state index in [0.717, 1.165) is 5.69 Å². The Bertz CT molecular complexity index is 515. The Balaban J connectivity index is 3.09. The molecule has 5 heteroatoms. The van der Waals surface area contributed by atoms with Crippen LogP contribution in [0, 0.1) is 5.41 Å². The van der Waals surface area contributed by atoms with Crippen LogP contribution in [-0.2, 0) is 10.0 Å². The van der Waals surface area contributed by atoms with E-state index in [1.54, 1.807) is 38.4 Å². The van der Waals surface area contributed by atoms with Crippen LogP contribution in [0.5, 0.6) is 0 Å². The molecule has 0 saturated carbocycles. The summed E-state index contributed by atoms with van der Waals surface area (Å²) >= 11 is 0. The fraction of sp³-hybridized carbons (Fsp3) is 0.571. The number of hydrogen-bond acceptors (Lipinski definition) is 3. The molecular weight excluding hydrogens is 260 g/mol. The van der Waals surface area contributed by atoms with Gasteiger partial charge in [-0.2, -0.15) is 4.31 Å². The lowest BCUT2D eigenvalue weighted by atomic mass is 9.88. The topological polar surface area (TPSA) is 49.4 Å². The zero-order chi connectivity index (χ0) is 14.8. The average molecular weight is 284 g/mol. The summed E-state index contributed by atoms with van der Waals surface area (Å²) in [5, 5.41) is 2.97. The minimum absolute atomic E-state index is 0.0820. The number of hydrogen-bond donors (Lipinski definition) is 1. The summed E-state index contributed by atoms with van der Waals surface area (Å²) in [6, 6.07) is 6.71. The number of nitrogens with one attached hydrogen (secondary N) is 1. The molecule has 0 radical (unpaired) electrons. The molecule has 0 amide bonds. The van der Waals surface area contributed by atoms with Gasteiger partial charge in [0.15, 0.2) is 0 Å². The van der Waals surface area contributed by atoms with Crippen molar-refractivity contribution in [2.45, 2.75) is 38.6 Å². The molecule has 1 aromatic rings. The van der Waals surface area contributed by atoms with Crippen molar-refractivity contribution in [3.05, 3.63) is 24.3 Å². The molecule has 0 fully saturated rings. The molecule has 0 aliphatic rings. The molecule has 0 aliphatic heterocycles. The van der Waals surface area contributed by atoms with Crippen molar-refractivity contribution in [2.75, 3.05) is 19.4 Å². The van der Waals surface area contributed by atoms with Crippen LogP contribution < -0.4 is 5.32 Å². The van der Waals surface area contributed by atoms with Crippen molar-refractivity contribution < 1.29 is 8.42 Å². The van der Waals surface area contributed by atoms with E-state index in [4.69, 9.17) is 0 Å². The van der Waals surface area contributed by atoms with Crippen molar-refractivity contribution in [1.82, 2.24) is 4.31 Å². The highest BCUT2D eigenvalue weighted by Gasteiger charge is 2.32. The lowest BCUT2D eigenvalue weighted by Crippen LogP contribution is -2.42. The lowest BCUT2D eigenvalue weighted by Gasteiger charge is -2.34. The fourth-order valence-electron chi connectivity index (χ4n) is 1.71. The van der Waals surface area contributed by atoms with Crippen LogP contribution in [0.2, 0.25) is 0 Å². The van der Waals surface area contributed by atoms with Gasteiger partial charge in [0.1, 0.15) is 0 Å². The van der Waals surface area contributed by atoms with Crippen LogP contribution in [0.1, 0.15) is 27.7 Å². The van der Waals surface area contributed by atoms with Crippen molar-refractivity contribution in [1.29, 1.82) is 0 Å². The highest BCUT2D eigenvalue weighted by Crippen LogP contribution is 2.27. The molecule has 19 heavy (non-hydrogen) atoms. The Hall–Kier alpha value is -1.07. The quantitative estimate of drug-likeness (QED) is 0.925. The first-order chi connectivity index (χ1) is 8.60. The maximum atomic E-state index is 12.5. The van der Waals surface area contributed by atoms with Crippen molar-refractivity contribution >= 4 is 15.7 Å². The van der Waals surface area contributed by atoms with Gasteiger partial charge in [0.2, 0.25) is 10.0 Å². The molecule has 1 unspecified atom stereocenters. The van der Waals surface area contributed by atoms with E-state index >= 15 is 0 Å². The SMILES string of the molecule is CNc1ccc(S(=O)(=O)N(C)C(C)C(C)(C)C)cc1. The second-order valence-corrected chi connectivity index (χ2v) is 7.84.